The van der Waals surface area contributed by atoms with Gasteiger partial charge in [0, 0.05) is 30.6 Å². The van der Waals surface area contributed by atoms with Crippen molar-refractivity contribution in [2.45, 2.75) is 58.1 Å². The molecule has 0 saturated carbocycles. The summed E-state index contributed by atoms with van der Waals surface area (Å²) in [5.41, 5.74) is 4.48. The van der Waals surface area contributed by atoms with Crippen LogP contribution < -0.4 is 5.73 Å². The summed E-state index contributed by atoms with van der Waals surface area (Å²) < 4.78 is 49.6. The van der Waals surface area contributed by atoms with E-state index < -0.39 is 41.0 Å². The van der Waals surface area contributed by atoms with Gasteiger partial charge in [0.2, 0.25) is 0 Å². The molecule has 1 aromatic carbocycles. The van der Waals surface area contributed by atoms with Crippen molar-refractivity contribution in [2.75, 3.05) is 13.1 Å². The predicted molar refractivity (Wildman–Crippen MR) is 93.4 cm³/mol. The molecule has 1 fully saturated rings. The molecule has 1 aliphatic heterocycles. The molecule has 1 saturated heterocycles. The number of likely N-dealkylation sites (tertiary alicyclic amines) is 1. The number of carbonyl (C=O) groups is 1. The highest BCUT2D eigenvalue weighted by atomic mass is 19.3. The zero-order valence-electron chi connectivity index (χ0n) is 15.7. The van der Waals surface area contributed by atoms with E-state index in [1.807, 2.05) is 0 Å². The number of benzene rings is 1. The first-order valence-corrected chi connectivity index (χ1v) is 8.83. The van der Waals surface area contributed by atoms with Gasteiger partial charge in [-0.25, -0.2) is 18.0 Å². The minimum atomic E-state index is -3.32. The fraction of sp³-hybridized carbons (Fsp3) is 0.632. The van der Waals surface area contributed by atoms with Crippen molar-refractivity contribution in [3.8, 4) is 0 Å². The Morgan fingerprint density at radius 1 is 1.27 bits per heavy atom. The molecule has 1 heterocycles. The Kier molecular flexibility index (Phi) is 5.90. The summed E-state index contributed by atoms with van der Waals surface area (Å²) in [5.74, 6) is -5.31. The molecule has 2 N–H and O–H groups in total. The summed E-state index contributed by atoms with van der Waals surface area (Å²) in [4.78, 5) is 13.5. The molecule has 7 heteroatoms. The Morgan fingerprint density at radius 3 is 2.35 bits per heavy atom. The fourth-order valence-electron chi connectivity index (χ4n) is 3.13. The Labute approximate surface area is 152 Å². The Morgan fingerprint density at radius 2 is 1.85 bits per heavy atom. The number of carbonyl (C=O) groups excluding carboxylic acids is 1. The number of nitrogens with zero attached hydrogens (tertiary/aromatic N) is 1. The van der Waals surface area contributed by atoms with Crippen LogP contribution in [0.3, 0.4) is 0 Å². The zero-order valence-corrected chi connectivity index (χ0v) is 15.7. The lowest BCUT2D eigenvalue weighted by molar-refractivity contribution is -0.0885. The topological polar surface area (TPSA) is 55.6 Å². The molecule has 2 rings (SSSR count). The second-order valence-electron chi connectivity index (χ2n) is 7.86. The van der Waals surface area contributed by atoms with Gasteiger partial charge in [-0.05, 0) is 40.5 Å². The largest absolute Gasteiger partial charge is 0.444 e. The van der Waals surface area contributed by atoms with Crippen molar-refractivity contribution in [1.82, 2.24) is 4.90 Å². The number of hydrogen-bond acceptors (Lipinski definition) is 3. The Balaban J connectivity index is 2.11. The fourth-order valence-corrected chi connectivity index (χ4v) is 3.13. The van der Waals surface area contributed by atoms with Crippen LogP contribution in [-0.2, 0) is 10.7 Å². The van der Waals surface area contributed by atoms with Crippen molar-refractivity contribution < 1.29 is 22.7 Å². The van der Waals surface area contributed by atoms with Gasteiger partial charge in [-0.1, -0.05) is 18.2 Å². The Hall–Kier alpha value is -1.76. The first-order chi connectivity index (χ1) is 11.9. The number of piperidine rings is 1. The Bertz CT molecular complexity index is 649. The van der Waals surface area contributed by atoms with Crippen molar-refractivity contribution in [3.05, 3.63) is 35.1 Å². The number of amides is 1. The van der Waals surface area contributed by atoms with Crippen LogP contribution in [0, 0.1) is 11.7 Å². The van der Waals surface area contributed by atoms with E-state index in [4.69, 9.17) is 10.5 Å². The zero-order chi connectivity index (χ0) is 19.7. The van der Waals surface area contributed by atoms with Crippen LogP contribution in [0.1, 0.15) is 57.7 Å². The molecule has 1 aliphatic rings. The molecular weight excluding hydrogens is 345 g/mol. The molecule has 4 nitrogen and oxygen atoms in total. The molecule has 0 aromatic heterocycles. The van der Waals surface area contributed by atoms with E-state index in [-0.39, 0.29) is 31.5 Å². The maximum atomic E-state index is 14.9. The lowest BCUT2D eigenvalue weighted by atomic mass is 9.85. The molecule has 1 unspecified atom stereocenters. The average molecular weight is 372 g/mol. The van der Waals surface area contributed by atoms with E-state index in [1.165, 1.54) is 17.0 Å². The van der Waals surface area contributed by atoms with Crippen molar-refractivity contribution in [2.24, 2.45) is 11.7 Å². The summed E-state index contributed by atoms with van der Waals surface area (Å²) in [6.07, 6.45) is -0.355. The third-order valence-electron chi connectivity index (χ3n) is 4.54. The van der Waals surface area contributed by atoms with E-state index in [0.29, 0.717) is 0 Å². The molecule has 1 aromatic rings. The average Bonchev–Trinajstić information content (AvgIpc) is 2.53. The monoisotopic (exact) mass is 372 g/mol. The summed E-state index contributed by atoms with van der Waals surface area (Å²) in [7, 11) is 0. The van der Waals surface area contributed by atoms with E-state index in [0.717, 1.165) is 6.07 Å². The highest BCUT2D eigenvalue weighted by Gasteiger charge is 2.45. The van der Waals surface area contributed by atoms with Crippen LogP contribution in [0.15, 0.2) is 18.2 Å². The third-order valence-corrected chi connectivity index (χ3v) is 4.54. The number of halogens is 3. The molecule has 0 bridgehead atoms. The van der Waals surface area contributed by atoms with Gasteiger partial charge < -0.3 is 15.4 Å². The van der Waals surface area contributed by atoms with Gasteiger partial charge >= 0.3 is 6.09 Å². The van der Waals surface area contributed by atoms with Gasteiger partial charge in [-0.3, -0.25) is 0 Å². The maximum absolute atomic E-state index is 14.9. The van der Waals surface area contributed by atoms with Crippen LogP contribution in [-0.4, -0.2) is 29.7 Å². The SMILES string of the molecule is CC(N)c1cccc(C(F)(F)C2CCN(C(=O)OC(C)(C)C)CC2)c1F. The second kappa shape index (κ2) is 7.47. The number of nitrogens with two attached hydrogens (primary N) is 1. The minimum Gasteiger partial charge on any atom is -0.444 e. The number of ether oxygens (including phenoxy) is 1. The summed E-state index contributed by atoms with van der Waals surface area (Å²) in [5, 5.41) is 0. The van der Waals surface area contributed by atoms with Gasteiger partial charge in [0.15, 0.2) is 0 Å². The van der Waals surface area contributed by atoms with Gasteiger partial charge in [0.25, 0.3) is 5.92 Å². The van der Waals surface area contributed by atoms with Crippen LogP contribution in [0.4, 0.5) is 18.0 Å². The van der Waals surface area contributed by atoms with Crippen LogP contribution in [0.25, 0.3) is 0 Å². The number of alkyl halides is 2. The van der Waals surface area contributed by atoms with Gasteiger partial charge in [0.05, 0.1) is 5.56 Å². The highest BCUT2D eigenvalue weighted by molar-refractivity contribution is 5.68. The quantitative estimate of drug-likeness (QED) is 0.845. The summed E-state index contributed by atoms with van der Waals surface area (Å²) in [6.45, 7) is 7.12. The molecule has 26 heavy (non-hydrogen) atoms. The van der Waals surface area contributed by atoms with E-state index in [1.54, 1.807) is 27.7 Å². The number of rotatable bonds is 3. The van der Waals surface area contributed by atoms with Crippen molar-refractivity contribution in [3.63, 3.8) is 0 Å². The van der Waals surface area contributed by atoms with Gasteiger partial charge in [-0.2, -0.15) is 0 Å². The van der Waals surface area contributed by atoms with Crippen LogP contribution >= 0.6 is 0 Å². The molecule has 1 atom stereocenters. The van der Waals surface area contributed by atoms with Gasteiger partial charge in [-0.15, -0.1) is 0 Å². The second-order valence-corrected chi connectivity index (χ2v) is 7.86. The van der Waals surface area contributed by atoms with E-state index in [9.17, 15) is 18.0 Å². The standard InChI is InChI=1S/C19H27F3N2O2/c1-12(23)14-6-5-7-15(16(14)20)19(21,22)13-8-10-24(11-9-13)17(25)26-18(2,3)4/h5-7,12-13H,8-11,23H2,1-4H3. The van der Waals surface area contributed by atoms with Crippen molar-refractivity contribution in [1.29, 1.82) is 0 Å². The first kappa shape index (κ1) is 20.6. The molecule has 146 valence electrons. The summed E-state index contributed by atoms with van der Waals surface area (Å²) in [6, 6.07) is 3.27. The van der Waals surface area contributed by atoms with E-state index in [2.05, 4.69) is 0 Å². The third kappa shape index (κ3) is 4.50. The van der Waals surface area contributed by atoms with E-state index >= 15 is 0 Å². The molecule has 0 radical (unpaired) electrons. The normalized spacial score (nSPS) is 17.9. The highest BCUT2D eigenvalue weighted by Crippen LogP contribution is 2.43. The lowest BCUT2D eigenvalue weighted by Gasteiger charge is -2.36. The number of hydrogen-bond donors (Lipinski definition) is 1. The molecule has 0 spiro atoms. The molecular formula is C19H27F3N2O2. The van der Waals surface area contributed by atoms with Gasteiger partial charge in [0.1, 0.15) is 11.4 Å². The minimum absolute atomic E-state index is 0.0772. The van der Waals surface area contributed by atoms with Crippen LogP contribution in [0.5, 0.6) is 0 Å². The van der Waals surface area contributed by atoms with Crippen molar-refractivity contribution >= 4 is 6.09 Å². The molecule has 0 aliphatic carbocycles. The lowest BCUT2D eigenvalue weighted by Crippen LogP contribution is -2.44. The summed E-state index contributed by atoms with van der Waals surface area (Å²) >= 11 is 0. The first-order valence-electron chi connectivity index (χ1n) is 8.83. The maximum Gasteiger partial charge on any atom is 0.410 e. The smallest absolute Gasteiger partial charge is 0.410 e. The van der Waals surface area contributed by atoms with Crippen LogP contribution in [0.2, 0.25) is 0 Å². The molecule has 1 amide bonds. The predicted octanol–water partition coefficient (Wildman–Crippen LogP) is 4.58.